The second-order valence-corrected chi connectivity index (χ2v) is 8.27. The first-order valence-electron chi connectivity index (χ1n) is 11.0. The first-order chi connectivity index (χ1) is 16.5. The number of hydrogen-bond acceptors (Lipinski definition) is 5. The second kappa shape index (κ2) is 8.69. The van der Waals surface area contributed by atoms with Crippen LogP contribution in [0.1, 0.15) is 30.4 Å². The molecule has 1 saturated heterocycles. The molecule has 2 aromatic carbocycles. The summed E-state index contributed by atoms with van der Waals surface area (Å²) in [5.41, 5.74) is 3.12. The van der Waals surface area contributed by atoms with Crippen molar-refractivity contribution in [2.75, 3.05) is 13.7 Å². The average molecular weight is 455 g/mol. The Labute approximate surface area is 195 Å². The molecule has 1 aliphatic heterocycles. The van der Waals surface area contributed by atoms with Gasteiger partial charge < -0.3 is 10.1 Å². The van der Waals surface area contributed by atoms with Crippen LogP contribution in [0.5, 0.6) is 5.75 Å². The first-order valence-corrected chi connectivity index (χ1v) is 11.0. The van der Waals surface area contributed by atoms with E-state index in [-0.39, 0.29) is 17.4 Å². The largest absolute Gasteiger partial charge is 0.494 e. The van der Waals surface area contributed by atoms with Gasteiger partial charge in [0.1, 0.15) is 5.82 Å². The van der Waals surface area contributed by atoms with E-state index in [0.29, 0.717) is 33.7 Å². The molecule has 34 heavy (non-hydrogen) atoms. The van der Waals surface area contributed by atoms with E-state index in [2.05, 4.69) is 15.1 Å². The molecule has 1 N–H and O–H groups in total. The minimum Gasteiger partial charge on any atom is -0.494 e. The normalized spacial score (nSPS) is 15.4. The number of nitrogens with one attached hydrogen (secondary N) is 1. The molecule has 1 fully saturated rings. The van der Waals surface area contributed by atoms with Crippen LogP contribution in [-0.4, -0.2) is 28.2 Å². The molecule has 4 aromatic rings. The summed E-state index contributed by atoms with van der Waals surface area (Å²) in [4.78, 5) is 26.8. The van der Waals surface area contributed by atoms with E-state index in [0.717, 1.165) is 30.6 Å². The Morgan fingerprint density at radius 1 is 1.24 bits per heavy atom. The summed E-state index contributed by atoms with van der Waals surface area (Å²) in [7, 11) is 1.39. The van der Waals surface area contributed by atoms with Crippen molar-refractivity contribution in [3.05, 3.63) is 87.8 Å². The minimum absolute atomic E-state index is 0.0931. The maximum absolute atomic E-state index is 14.6. The molecule has 0 amide bonds. The molecule has 8 heteroatoms. The van der Waals surface area contributed by atoms with E-state index < -0.39 is 5.82 Å². The van der Waals surface area contributed by atoms with Crippen molar-refractivity contribution >= 4 is 16.6 Å². The molecule has 0 aliphatic carbocycles. The number of hydrogen-bond donors (Lipinski definition) is 1. The van der Waals surface area contributed by atoms with Gasteiger partial charge in [-0.15, -0.1) is 0 Å². The van der Waals surface area contributed by atoms with Crippen molar-refractivity contribution in [2.24, 2.45) is 0 Å². The lowest BCUT2D eigenvalue weighted by molar-refractivity contribution is 0.386. The van der Waals surface area contributed by atoms with Gasteiger partial charge in [-0.05, 0) is 62.2 Å². The van der Waals surface area contributed by atoms with Crippen LogP contribution in [-0.2, 0) is 0 Å². The average Bonchev–Trinajstić information content (AvgIpc) is 3.39. The third kappa shape index (κ3) is 3.70. The summed E-state index contributed by atoms with van der Waals surface area (Å²) in [6.07, 6.45) is 3.47. The van der Waals surface area contributed by atoms with E-state index >= 15 is 0 Å². The summed E-state index contributed by atoms with van der Waals surface area (Å²) < 4.78 is 21.1. The van der Waals surface area contributed by atoms with Crippen LogP contribution >= 0.6 is 0 Å². The third-order valence-corrected chi connectivity index (χ3v) is 6.10. The van der Waals surface area contributed by atoms with Gasteiger partial charge in [-0.2, -0.15) is 0 Å². The zero-order valence-corrected chi connectivity index (χ0v) is 18.8. The number of methoxy groups -OCH3 is 1. The van der Waals surface area contributed by atoms with Crippen molar-refractivity contribution in [1.29, 1.82) is 0 Å². The van der Waals surface area contributed by atoms with Crippen molar-refractivity contribution < 1.29 is 9.13 Å². The third-order valence-electron chi connectivity index (χ3n) is 6.10. The van der Waals surface area contributed by atoms with Gasteiger partial charge in [-0.25, -0.2) is 14.2 Å². The number of aryl methyl sites for hydroxylation is 1. The number of halogens is 1. The number of rotatable bonds is 4. The molecule has 7 nitrogen and oxygen atoms in total. The molecule has 1 aliphatic rings. The standard InChI is InChI=1S/C26H22FN5O2/c1-15-6-7-16(14-30-15)19-11-17(28-2)12-20-24(19)31-25(22-5-4-10-29-22)32(26(20)33)18-8-9-23(34-3)21(27)13-18/h6-9,11-14,22,29H,4-5,10H2,1,3H3. The summed E-state index contributed by atoms with van der Waals surface area (Å²) >= 11 is 0. The highest BCUT2D eigenvalue weighted by atomic mass is 19.1. The Hall–Kier alpha value is -4.09. The SMILES string of the molecule is [C-]#[N+]c1cc(-c2ccc(C)nc2)c2nc(C3CCCN3)n(-c3ccc(OC)c(F)c3)c(=O)c2c1. The fourth-order valence-electron chi connectivity index (χ4n) is 4.39. The van der Waals surface area contributed by atoms with Gasteiger partial charge in [-0.1, -0.05) is 6.07 Å². The molecule has 0 radical (unpaired) electrons. The molecule has 0 saturated carbocycles. The van der Waals surface area contributed by atoms with E-state index in [9.17, 15) is 9.18 Å². The summed E-state index contributed by atoms with van der Waals surface area (Å²) in [5.74, 6) is 0.0330. The highest BCUT2D eigenvalue weighted by Crippen LogP contribution is 2.33. The number of aromatic nitrogens is 3. The Morgan fingerprint density at radius 2 is 2.09 bits per heavy atom. The van der Waals surface area contributed by atoms with Crippen molar-refractivity contribution in [3.63, 3.8) is 0 Å². The Bertz CT molecular complexity index is 1500. The Kier molecular flexibility index (Phi) is 5.56. The zero-order valence-electron chi connectivity index (χ0n) is 18.8. The monoisotopic (exact) mass is 455 g/mol. The number of benzene rings is 2. The summed E-state index contributed by atoms with van der Waals surface area (Å²) in [5, 5.41) is 3.69. The molecule has 1 atom stereocenters. The number of nitrogens with zero attached hydrogens (tertiary/aromatic N) is 4. The van der Waals surface area contributed by atoms with E-state index in [1.165, 1.54) is 23.8 Å². The van der Waals surface area contributed by atoms with E-state index in [4.69, 9.17) is 16.3 Å². The molecule has 0 bridgehead atoms. The second-order valence-electron chi connectivity index (χ2n) is 8.27. The van der Waals surface area contributed by atoms with Crippen molar-refractivity contribution in [3.8, 4) is 22.6 Å². The van der Waals surface area contributed by atoms with Gasteiger partial charge in [0, 0.05) is 23.5 Å². The quantitative estimate of drug-likeness (QED) is 0.444. The Morgan fingerprint density at radius 3 is 2.74 bits per heavy atom. The predicted octanol–water partition coefficient (Wildman–Crippen LogP) is 4.88. The lowest BCUT2D eigenvalue weighted by Crippen LogP contribution is -2.29. The molecular weight excluding hydrogens is 433 g/mol. The molecule has 1 unspecified atom stereocenters. The lowest BCUT2D eigenvalue weighted by Gasteiger charge is -2.20. The van der Waals surface area contributed by atoms with Gasteiger partial charge >= 0.3 is 0 Å². The number of ether oxygens (including phenoxy) is 1. The minimum atomic E-state index is -0.571. The van der Waals surface area contributed by atoms with Gasteiger partial charge in [0.15, 0.2) is 17.3 Å². The molecule has 2 aromatic heterocycles. The van der Waals surface area contributed by atoms with Crippen LogP contribution in [0.2, 0.25) is 0 Å². The van der Waals surface area contributed by atoms with Gasteiger partial charge in [-0.3, -0.25) is 14.3 Å². The fourth-order valence-corrected chi connectivity index (χ4v) is 4.39. The van der Waals surface area contributed by atoms with Crippen LogP contribution in [0, 0.1) is 19.3 Å². The van der Waals surface area contributed by atoms with Crippen LogP contribution < -0.4 is 15.6 Å². The van der Waals surface area contributed by atoms with E-state index in [1.54, 1.807) is 24.4 Å². The maximum Gasteiger partial charge on any atom is 0.264 e. The van der Waals surface area contributed by atoms with Crippen LogP contribution in [0.3, 0.4) is 0 Å². The maximum atomic E-state index is 14.6. The first kappa shape index (κ1) is 21.7. The highest BCUT2D eigenvalue weighted by molar-refractivity contribution is 5.96. The van der Waals surface area contributed by atoms with Gasteiger partial charge in [0.25, 0.3) is 5.56 Å². The van der Waals surface area contributed by atoms with E-state index in [1.807, 2.05) is 19.1 Å². The topological polar surface area (TPSA) is 73.4 Å². The van der Waals surface area contributed by atoms with Crippen LogP contribution in [0.25, 0.3) is 32.6 Å². The molecule has 170 valence electrons. The van der Waals surface area contributed by atoms with Crippen molar-refractivity contribution in [1.82, 2.24) is 19.9 Å². The Balaban J connectivity index is 1.85. The number of fused-ring (bicyclic) bond motifs is 1. The highest BCUT2D eigenvalue weighted by Gasteiger charge is 2.25. The predicted molar refractivity (Wildman–Crippen MR) is 128 cm³/mol. The van der Waals surface area contributed by atoms with Crippen LogP contribution in [0.4, 0.5) is 10.1 Å². The fraction of sp³-hybridized carbons (Fsp3) is 0.231. The van der Waals surface area contributed by atoms with Crippen LogP contribution in [0.15, 0.2) is 53.5 Å². The zero-order chi connectivity index (χ0) is 23.8. The number of pyridine rings is 1. The summed E-state index contributed by atoms with van der Waals surface area (Å²) in [6, 6.07) is 11.3. The van der Waals surface area contributed by atoms with Gasteiger partial charge in [0.2, 0.25) is 0 Å². The van der Waals surface area contributed by atoms with Crippen molar-refractivity contribution in [2.45, 2.75) is 25.8 Å². The van der Waals surface area contributed by atoms with Gasteiger partial charge in [0.05, 0.1) is 36.3 Å². The molecule has 3 heterocycles. The summed E-state index contributed by atoms with van der Waals surface area (Å²) in [6.45, 7) is 10.3. The molecule has 5 rings (SSSR count). The molecular formula is C26H22FN5O2. The molecule has 0 spiro atoms. The lowest BCUT2D eigenvalue weighted by atomic mass is 10.0. The smallest absolute Gasteiger partial charge is 0.264 e.